The predicted octanol–water partition coefficient (Wildman–Crippen LogP) is 4.50. The minimum Gasteiger partial charge on any atom is -0.298 e. The van der Waals surface area contributed by atoms with Gasteiger partial charge in [0.05, 0.1) is 16.8 Å². The fourth-order valence-electron chi connectivity index (χ4n) is 3.84. The number of hydrogen-bond donors (Lipinski definition) is 0. The molecule has 2 aromatic rings. The summed E-state index contributed by atoms with van der Waals surface area (Å²) in [5, 5.41) is 0. The molecular formula is C22H19NO2. The van der Waals surface area contributed by atoms with Gasteiger partial charge < -0.3 is 0 Å². The lowest BCUT2D eigenvalue weighted by molar-refractivity contribution is -0.113. The fraction of sp³-hybridized carbons (Fsp3) is 0.182. The first-order valence-corrected chi connectivity index (χ1v) is 8.39. The third kappa shape index (κ3) is 2.27. The Labute approximate surface area is 147 Å². The summed E-state index contributed by atoms with van der Waals surface area (Å²) >= 11 is 0. The van der Waals surface area contributed by atoms with E-state index in [0.717, 1.165) is 22.4 Å². The number of nitrogens with zero attached hydrogens (tertiary/aromatic N) is 1. The summed E-state index contributed by atoms with van der Waals surface area (Å²) in [6, 6.07) is 15.0. The molecule has 0 radical (unpaired) electrons. The highest BCUT2D eigenvalue weighted by molar-refractivity contribution is 6.37. The molecule has 1 amide bonds. The highest BCUT2D eigenvalue weighted by atomic mass is 16.2. The van der Waals surface area contributed by atoms with E-state index in [1.807, 2.05) is 55.1 Å². The second-order valence-corrected chi connectivity index (χ2v) is 7.11. The molecule has 0 spiro atoms. The Morgan fingerprint density at radius 1 is 1.00 bits per heavy atom. The minimum atomic E-state index is -0.421. The molecule has 124 valence electrons. The monoisotopic (exact) mass is 329 g/mol. The maximum atomic E-state index is 13.1. The lowest BCUT2D eigenvalue weighted by atomic mass is 9.89. The third-order valence-electron chi connectivity index (χ3n) is 4.89. The molecule has 0 N–H and O–H groups in total. The van der Waals surface area contributed by atoms with Gasteiger partial charge in [0, 0.05) is 16.7 Å². The molecular weight excluding hydrogens is 310 g/mol. The van der Waals surface area contributed by atoms with Crippen molar-refractivity contribution < 1.29 is 9.59 Å². The van der Waals surface area contributed by atoms with E-state index in [1.54, 1.807) is 12.1 Å². The average molecular weight is 329 g/mol. The zero-order valence-corrected chi connectivity index (χ0v) is 14.5. The molecule has 3 heteroatoms. The molecule has 0 bridgehead atoms. The lowest BCUT2D eigenvalue weighted by Gasteiger charge is -2.38. The summed E-state index contributed by atoms with van der Waals surface area (Å²) in [5.41, 5.74) is 4.61. The Hall–Kier alpha value is -2.94. The van der Waals surface area contributed by atoms with Gasteiger partial charge in [-0.25, -0.2) is 0 Å². The number of anilines is 1. The number of benzene rings is 2. The normalized spacial score (nSPS) is 19.0. The molecule has 2 heterocycles. The SMILES string of the molecule is CC1=CC(C)(C)N2C(=O)/C(=C/C(=O)c3ccccc3)c3cccc1c32. The summed E-state index contributed by atoms with van der Waals surface area (Å²) in [5.74, 6) is -0.260. The number of carbonyl (C=O) groups excluding carboxylic acids is 2. The van der Waals surface area contributed by atoms with Gasteiger partial charge in [-0.05, 0) is 32.4 Å². The quantitative estimate of drug-likeness (QED) is 0.601. The molecule has 2 aliphatic rings. The van der Waals surface area contributed by atoms with Crippen LogP contribution in [0.2, 0.25) is 0 Å². The Kier molecular flexibility index (Phi) is 3.29. The molecule has 2 aliphatic heterocycles. The van der Waals surface area contributed by atoms with Gasteiger partial charge in [-0.2, -0.15) is 0 Å². The second kappa shape index (κ2) is 5.28. The molecule has 0 aromatic heterocycles. The topological polar surface area (TPSA) is 37.4 Å². The Balaban J connectivity index is 1.89. The number of rotatable bonds is 2. The van der Waals surface area contributed by atoms with Gasteiger partial charge in [0.1, 0.15) is 0 Å². The highest BCUT2D eigenvalue weighted by Crippen LogP contribution is 2.48. The van der Waals surface area contributed by atoms with Gasteiger partial charge in [0.15, 0.2) is 5.78 Å². The largest absolute Gasteiger partial charge is 0.298 e. The van der Waals surface area contributed by atoms with Crippen molar-refractivity contribution >= 4 is 28.5 Å². The molecule has 0 saturated heterocycles. The summed E-state index contributed by atoms with van der Waals surface area (Å²) in [6.45, 7) is 6.11. The number of allylic oxidation sites excluding steroid dienone is 2. The van der Waals surface area contributed by atoms with Crippen molar-refractivity contribution in [3.05, 3.63) is 77.4 Å². The molecule has 0 fully saturated rings. The molecule has 0 atom stereocenters. The van der Waals surface area contributed by atoms with Gasteiger partial charge in [0.25, 0.3) is 5.91 Å². The number of hydrogen-bond acceptors (Lipinski definition) is 2. The zero-order chi connectivity index (χ0) is 17.8. The first kappa shape index (κ1) is 15.6. The van der Waals surface area contributed by atoms with Gasteiger partial charge >= 0.3 is 0 Å². The molecule has 0 aliphatic carbocycles. The molecule has 2 aromatic carbocycles. The van der Waals surface area contributed by atoms with E-state index in [0.29, 0.717) is 11.1 Å². The summed E-state index contributed by atoms with van der Waals surface area (Å²) in [6.07, 6.45) is 3.59. The van der Waals surface area contributed by atoms with Crippen LogP contribution in [0, 0.1) is 0 Å². The van der Waals surface area contributed by atoms with Crippen molar-refractivity contribution in [2.75, 3.05) is 4.90 Å². The first-order chi connectivity index (χ1) is 11.9. The number of carbonyl (C=O) groups is 2. The van der Waals surface area contributed by atoms with Crippen molar-refractivity contribution in [2.24, 2.45) is 0 Å². The van der Waals surface area contributed by atoms with E-state index in [9.17, 15) is 9.59 Å². The lowest BCUT2D eigenvalue weighted by Crippen LogP contribution is -2.46. The van der Waals surface area contributed by atoms with Crippen LogP contribution in [0.3, 0.4) is 0 Å². The smallest absolute Gasteiger partial charge is 0.259 e. The first-order valence-electron chi connectivity index (χ1n) is 8.39. The Morgan fingerprint density at radius 2 is 1.68 bits per heavy atom. The third-order valence-corrected chi connectivity index (χ3v) is 4.89. The van der Waals surface area contributed by atoms with Gasteiger partial charge in [-0.15, -0.1) is 0 Å². The van der Waals surface area contributed by atoms with Crippen LogP contribution in [0.1, 0.15) is 42.3 Å². The van der Waals surface area contributed by atoms with Crippen molar-refractivity contribution in [2.45, 2.75) is 26.3 Å². The number of amides is 1. The molecule has 4 rings (SSSR count). The van der Waals surface area contributed by atoms with Crippen LogP contribution in [0.15, 0.2) is 60.7 Å². The van der Waals surface area contributed by atoms with Crippen LogP contribution in [-0.4, -0.2) is 17.2 Å². The van der Waals surface area contributed by atoms with E-state index in [-0.39, 0.29) is 11.7 Å². The van der Waals surface area contributed by atoms with Crippen molar-refractivity contribution in [1.29, 1.82) is 0 Å². The standard InChI is InChI=1S/C22H19NO2/c1-14-13-22(2,3)23-20-16(14)10-7-11-17(20)18(21(23)25)12-19(24)15-8-5-4-6-9-15/h4-13H,1-3H3/b18-12+. The Bertz CT molecular complexity index is 965. The van der Waals surface area contributed by atoms with Crippen molar-refractivity contribution in [1.82, 2.24) is 0 Å². The predicted molar refractivity (Wildman–Crippen MR) is 100 cm³/mol. The molecule has 0 saturated carbocycles. The molecule has 0 unspecified atom stereocenters. The van der Waals surface area contributed by atoms with Crippen LogP contribution >= 0.6 is 0 Å². The maximum absolute atomic E-state index is 13.1. The van der Waals surface area contributed by atoms with E-state index in [1.165, 1.54) is 6.08 Å². The molecule has 25 heavy (non-hydrogen) atoms. The van der Waals surface area contributed by atoms with Crippen LogP contribution in [0.4, 0.5) is 5.69 Å². The van der Waals surface area contributed by atoms with E-state index in [2.05, 4.69) is 13.0 Å². The number of ketones is 1. The minimum absolute atomic E-state index is 0.111. The average Bonchev–Trinajstić information content (AvgIpc) is 2.87. The summed E-state index contributed by atoms with van der Waals surface area (Å²) < 4.78 is 0. The van der Waals surface area contributed by atoms with Crippen LogP contribution in [0.25, 0.3) is 11.1 Å². The Morgan fingerprint density at radius 3 is 2.40 bits per heavy atom. The van der Waals surface area contributed by atoms with Gasteiger partial charge in [-0.3, -0.25) is 14.5 Å². The van der Waals surface area contributed by atoms with Gasteiger partial charge in [0.2, 0.25) is 0 Å². The van der Waals surface area contributed by atoms with Crippen LogP contribution < -0.4 is 4.90 Å². The van der Waals surface area contributed by atoms with Crippen LogP contribution in [-0.2, 0) is 4.79 Å². The van der Waals surface area contributed by atoms with Gasteiger partial charge in [-0.1, -0.05) is 54.6 Å². The summed E-state index contributed by atoms with van der Waals surface area (Å²) in [7, 11) is 0. The maximum Gasteiger partial charge on any atom is 0.259 e. The van der Waals surface area contributed by atoms with E-state index >= 15 is 0 Å². The zero-order valence-electron chi connectivity index (χ0n) is 14.5. The van der Waals surface area contributed by atoms with Crippen molar-refractivity contribution in [3.63, 3.8) is 0 Å². The second-order valence-electron chi connectivity index (χ2n) is 7.11. The fourth-order valence-corrected chi connectivity index (χ4v) is 3.84. The van der Waals surface area contributed by atoms with Crippen LogP contribution in [0.5, 0.6) is 0 Å². The summed E-state index contributed by atoms with van der Waals surface area (Å²) in [4.78, 5) is 27.6. The van der Waals surface area contributed by atoms with Crippen molar-refractivity contribution in [3.8, 4) is 0 Å². The van der Waals surface area contributed by atoms with E-state index in [4.69, 9.17) is 0 Å². The number of para-hydroxylation sites is 1. The molecule has 3 nitrogen and oxygen atoms in total. The highest BCUT2D eigenvalue weighted by Gasteiger charge is 2.44. The van der Waals surface area contributed by atoms with E-state index < -0.39 is 5.54 Å².